The summed E-state index contributed by atoms with van der Waals surface area (Å²) in [4.78, 5) is 11.1. The van der Waals surface area contributed by atoms with Gasteiger partial charge in [0.05, 0.1) is 0 Å². The molecule has 0 radical (unpaired) electrons. The molecule has 62 valence electrons. The van der Waals surface area contributed by atoms with Gasteiger partial charge >= 0.3 is 0 Å². The molecule has 1 aromatic rings. The van der Waals surface area contributed by atoms with Gasteiger partial charge in [-0.25, -0.2) is 0 Å². The number of unbranched alkanes of at least 4 members (excludes halogenated alkanes) is 1. The third kappa shape index (κ3) is 1.97. The van der Waals surface area contributed by atoms with Gasteiger partial charge in [-0.2, -0.15) is 0 Å². The van der Waals surface area contributed by atoms with Crippen LogP contribution in [0.4, 0.5) is 0 Å². The Kier molecular flexibility index (Phi) is 2.52. The van der Waals surface area contributed by atoms with Crippen LogP contribution in [0.2, 0.25) is 0 Å². The Morgan fingerprint density at radius 3 is 2.82 bits per heavy atom. The number of nitrogens with one attached hydrogen (secondary N) is 1. The van der Waals surface area contributed by atoms with Gasteiger partial charge in [0.15, 0.2) is 0 Å². The molecule has 0 spiro atoms. The Morgan fingerprint density at radius 2 is 2.36 bits per heavy atom. The highest BCUT2D eigenvalue weighted by molar-refractivity contribution is 4.95. The van der Waals surface area contributed by atoms with E-state index in [2.05, 4.69) is 12.0 Å². The van der Waals surface area contributed by atoms with E-state index in [4.69, 9.17) is 0 Å². The van der Waals surface area contributed by atoms with E-state index in [9.17, 15) is 4.79 Å². The lowest BCUT2D eigenvalue weighted by molar-refractivity contribution is 0.554. The molecule has 0 atom stereocenters. The van der Waals surface area contributed by atoms with Crippen molar-refractivity contribution in [3.8, 4) is 0 Å². The van der Waals surface area contributed by atoms with Gasteiger partial charge in [-0.15, -0.1) is 0 Å². The number of aromatic amines is 1. The normalized spacial score (nSPS) is 10.4. The van der Waals surface area contributed by atoms with E-state index < -0.39 is 0 Å². The summed E-state index contributed by atoms with van der Waals surface area (Å²) >= 11 is 0. The molecule has 0 unspecified atom stereocenters. The van der Waals surface area contributed by atoms with Gasteiger partial charge in [0.1, 0.15) is 0 Å². The SMILES string of the molecule is CCCCn1[nH]c(C)cc1=O. The molecule has 11 heavy (non-hydrogen) atoms. The van der Waals surface area contributed by atoms with Crippen LogP contribution in [0.25, 0.3) is 0 Å². The molecule has 1 aromatic heterocycles. The Balaban J connectivity index is 2.70. The number of aromatic nitrogens is 2. The quantitative estimate of drug-likeness (QED) is 0.699. The van der Waals surface area contributed by atoms with E-state index in [0.29, 0.717) is 0 Å². The Morgan fingerprint density at radius 1 is 1.64 bits per heavy atom. The fraction of sp³-hybridized carbons (Fsp3) is 0.625. The molecule has 1 rings (SSSR count). The predicted molar refractivity (Wildman–Crippen MR) is 44.7 cm³/mol. The summed E-state index contributed by atoms with van der Waals surface area (Å²) in [5.74, 6) is 0. The highest BCUT2D eigenvalue weighted by atomic mass is 16.1. The van der Waals surface area contributed by atoms with E-state index in [0.717, 1.165) is 25.1 Å². The summed E-state index contributed by atoms with van der Waals surface area (Å²) in [7, 11) is 0. The first kappa shape index (κ1) is 8.11. The van der Waals surface area contributed by atoms with E-state index >= 15 is 0 Å². The van der Waals surface area contributed by atoms with Gasteiger partial charge in [0.2, 0.25) is 0 Å². The minimum atomic E-state index is 0.0796. The predicted octanol–water partition coefficient (Wildman–Crippen LogP) is 1.28. The van der Waals surface area contributed by atoms with Gasteiger partial charge in [-0.3, -0.25) is 9.48 Å². The Hall–Kier alpha value is -0.990. The zero-order valence-corrected chi connectivity index (χ0v) is 7.05. The van der Waals surface area contributed by atoms with Gasteiger partial charge < -0.3 is 5.10 Å². The highest BCUT2D eigenvalue weighted by Crippen LogP contribution is 1.91. The number of rotatable bonds is 3. The zero-order chi connectivity index (χ0) is 8.27. The standard InChI is InChI=1S/C8H14N2O/c1-3-4-5-10-8(11)6-7(2)9-10/h6,9H,3-5H2,1-2H3. The van der Waals surface area contributed by atoms with E-state index in [1.54, 1.807) is 10.7 Å². The second-order valence-electron chi connectivity index (χ2n) is 2.78. The summed E-state index contributed by atoms with van der Waals surface area (Å²) in [5.41, 5.74) is 1.02. The van der Waals surface area contributed by atoms with Crippen LogP contribution in [0.15, 0.2) is 10.9 Å². The molecular formula is C8H14N2O. The second-order valence-corrected chi connectivity index (χ2v) is 2.78. The maximum atomic E-state index is 11.1. The molecule has 1 heterocycles. The lowest BCUT2D eigenvalue weighted by Gasteiger charge is -1.97. The van der Waals surface area contributed by atoms with E-state index in [1.807, 2.05) is 6.92 Å². The van der Waals surface area contributed by atoms with Crippen molar-refractivity contribution in [1.82, 2.24) is 9.78 Å². The summed E-state index contributed by atoms with van der Waals surface area (Å²) in [6.45, 7) is 4.81. The van der Waals surface area contributed by atoms with Crippen molar-refractivity contribution in [1.29, 1.82) is 0 Å². The van der Waals surface area contributed by atoms with Crippen molar-refractivity contribution < 1.29 is 0 Å². The average Bonchev–Trinajstić information content (AvgIpc) is 2.26. The average molecular weight is 154 g/mol. The van der Waals surface area contributed by atoms with Crippen LogP contribution in [-0.2, 0) is 6.54 Å². The molecular weight excluding hydrogens is 140 g/mol. The van der Waals surface area contributed by atoms with Crippen molar-refractivity contribution in [3.63, 3.8) is 0 Å². The molecule has 0 aliphatic rings. The zero-order valence-electron chi connectivity index (χ0n) is 7.05. The lowest BCUT2D eigenvalue weighted by Crippen LogP contribution is -2.15. The van der Waals surface area contributed by atoms with Crippen molar-refractivity contribution in [2.45, 2.75) is 33.2 Å². The van der Waals surface area contributed by atoms with Crippen LogP contribution < -0.4 is 5.56 Å². The second kappa shape index (κ2) is 3.42. The molecule has 0 saturated carbocycles. The van der Waals surface area contributed by atoms with Crippen LogP contribution >= 0.6 is 0 Å². The molecule has 3 nitrogen and oxygen atoms in total. The molecule has 0 amide bonds. The Bertz CT molecular complexity index is 272. The largest absolute Gasteiger partial charge is 0.300 e. The summed E-state index contributed by atoms with van der Waals surface area (Å²) in [5, 5.41) is 2.98. The molecule has 0 fully saturated rings. The molecule has 3 heteroatoms. The van der Waals surface area contributed by atoms with Crippen molar-refractivity contribution in [2.75, 3.05) is 0 Å². The minimum Gasteiger partial charge on any atom is -0.300 e. The molecule has 0 bridgehead atoms. The van der Waals surface area contributed by atoms with Gasteiger partial charge in [-0.1, -0.05) is 13.3 Å². The van der Waals surface area contributed by atoms with Gasteiger partial charge in [0.25, 0.3) is 5.56 Å². The van der Waals surface area contributed by atoms with Crippen molar-refractivity contribution in [3.05, 3.63) is 22.1 Å². The number of H-pyrrole nitrogens is 1. The Labute approximate surface area is 66.0 Å². The topological polar surface area (TPSA) is 37.8 Å². The number of nitrogens with zero attached hydrogens (tertiary/aromatic N) is 1. The van der Waals surface area contributed by atoms with Crippen LogP contribution in [0, 0.1) is 6.92 Å². The first-order valence-electron chi connectivity index (χ1n) is 4.00. The molecule has 0 aromatic carbocycles. The number of hydrogen-bond donors (Lipinski definition) is 1. The molecule has 0 aliphatic heterocycles. The van der Waals surface area contributed by atoms with Crippen LogP contribution in [-0.4, -0.2) is 9.78 Å². The molecule has 0 aliphatic carbocycles. The third-order valence-corrected chi connectivity index (χ3v) is 1.65. The van der Waals surface area contributed by atoms with Crippen molar-refractivity contribution >= 4 is 0 Å². The van der Waals surface area contributed by atoms with Gasteiger partial charge in [-0.05, 0) is 13.3 Å². The fourth-order valence-electron chi connectivity index (χ4n) is 1.05. The third-order valence-electron chi connectivity index (χ3n) is 1.65. The summed E-state index contributed by atoms with van der Waals surface area (Å²) in [6, 6.07) is 1.62. The first-order chi connectivity index (χ1) is 5.24. The van der Waals surface area contributed by atoms with Crippen LogP contribution in [0.1, 0.15) is 25.5 Å². The highest BCUT2D eigenvalue weighted by Gasteiger charge is 1.96. The molecule has 1 N–H and O–H groups in total. The maximum absolute atomic E-state index is 11.1. The van der Waals surface area contributed by atoms with Crippen molar-refractivity contribution in [2.24, 2.45) is 0 Å². The van der Waals surface area contributed by atoms with Gasteiger partial charge in [0, 0.05) is 18.3 Å². The first-order valence-corrected chi connectivity index (χ1v) is 4.00. The minimum absolute atomic E-state index is 0.0796. The summed E-state index contributed by atoms with van der Waals surface area (Å²) in [6.07, 6.45) is 2.17. The monoisotopic (exact) mass is 154 g/mol. The summed E-state index contributed by atoms with van der Waals surface area (Å²) < 4.78 is 1.65. The number of hydrogen-bond acceptors (Lipinski definition) is 1. The van der Waals surface area contributed by atoms with E-state index in [1.165, 1.54) is 0 Å². The molecule has 0 saturated heterocycles. The fourth-order valence-corrected chi connectivity index (χ4v) is 1.05. The lowest BCUT2D eigenvalue weighted by atomic mass is 10.3. The van der Waals surface area contributed by atoms with Crippen LogP contribution in [0.5, 0.6) is 0 Å². The number of aryl methyl sites for hydroxylation is 2. The van der Waals surface area contributed by atoms with Crippen LogP contribution in [0.3, 0.4) is 0 Å². The smallest absolute Gasteiger partial charge is 0.266 e. The maximum Gasteiger partial charge on any atom is 0.266 e. The van der Waals surface area contributed by atoms with E-state index in [-0.39, 0.29) is 5.56 Å².